The second kappa shape index (κ2) is 5.42. The van der Waals surface area contributed by atoms with Gasteiger partial charge in [-0.3, -0.25) is 4.90 Å². The summed E-state index contributed by atoms with van der Waals surface area (Å²) < 4.78 is 5.96. The van der Waals surface area contributed by atoms with Crippen molar-refractivity contribution >= 4 is 11.3 Å². The van der Waals surface area contributed by atoms with Crippen LogP contribution in [-0.4, -0.2) is 40.4 Å². The number of nitrogens with zero attached hydrogens (tertiary/aromatic N) is 3. The molecule has 0 aromatic carbocycles. The standard InChI is InChI=1S/C12H21N3OS/c1-4-12(5-2)9-15(6-7-16-12)8-11-14-13-10(3)17-11/h4-9H2,1-3H3. The summed E-state index contributed by atoms with van der Waals surface area (Å²) in [5, 5.41) is 10.4. The molecule has 0 unspecified atom stereocenters. The monoisotopic (exact) mass is 255 g/mol. The Morgan fingerprint density at radius 2 is 2.12 bits per heavy atom. The van der Waals surface area contributed by atoms with Crippen LogP contribution in [0, 0.1) is 6.92 Å². The van der Waals surface area contributed by atoms with Crippen LogP contribution in [0.5, 0.6) is 0 Å². The van der Waals surface area contributed by atoms with Crippen molar-refractivity contribution in [3.05, 3.63) is 10.0 Å². The molecule has 1 aliphatic rings. The van der Waals surface area contributed by atoms with Gasteiger partial charge in [0.2, 0.25) is 0 Å². The molecule has 0 radical (unpaired) electrons. The molecule has 0 bridgehead atoms. The van der Waals surface area contributed by atoms with E-state index in [0.717, 1.165) is 49.1 Å². The highest BCUT2D eigenvalue weighted by atomic mass is 32.1. The Hall–Kier alpha value is -0.520. The molecule has 1 aromatic heterocycles. The molecule has 1 fully saturated rings. The van der Waals surface area contributed by atoms with Gasteiger partial charge in [0.15, 0.2) is 0 Å². The van der Waals surface area contributed by atoms with Crippen LogP contribution in [0.3, 0.4) is 0 Å². The molecular formula is C12H21N3OS. The van der Waals surface area contributed by atoms with Crippen molar-refractivity contribution in [1.82, 2.24) is 15.1 Å². The van der Waals surface area contributed by atoms with E-state index < -0.39 is 0 Å². The van der Waals surface area contributed by atoms with E-state index in [1.807, 2.05) is 6.92 Å². The molecule has 1 aromatic rings. The first-order valence-electron chi connectivity index (χ1n) is 6.33. The first kappa shape index (κ1) is 12.9. The molecule has 4 nitrogen and oxygen atoms in total. The molecule has 0 saturated carbocycles. The van der Waals surface area contributed by atoms with Crippen LogP contribution >= 0.6 is 11.3 Å². The van der Waals surface area contributed by atoms with Crippen LogP contribution in [0.25, 0.3) is 0 Å². The Labute approximate surface area is 107 Å². The van der Waals surface area contributed by atoms with E-state index in [9.17, 15) is 0 Å². The maximum absolute atomic E-state index is 5.96. The molecule has 0 aliphatic carbocycles. The minimum atomic E-state index is 0.0536. The fourth-order valence-corrected chi connectivity index (χ4v) is 3.08. The van der Waals surface area contributed by atoms with Gasteiger partial charge in [-0.05, 0) is 19.8 Å². The van der Waals surface area contributed by atoms with E-state index in [0.29, 0.717) is 0 Å². The lowest BCUT2D eigenvalue weighted by molar-refractivity contribution is -0.115. The van der Waals surface area contributed by atoms with Crippen molar-refractivity contribution in [2.75, 3.05) is 19.7 Å². The number of hydrogen-bond acceptors (Lipinski definition) is 5. The van der Waals surface area contributed by atoms with Crippen LogP contribution in [0.2, 0.25) is 0 Å². The average molecular weight is 255 g/mol. The fraction of sp³-hybridized carbons (Fsp3) is 0.833. The van der Waals surface area contributed by atoms with Crippen molar-refractivity contribution in [2.45, 2.75) is 45.8 Å². The zero-order valence-electron chi connectivity index (χ0n) is 10.9. The topological polar surface area (TPSA) is 38.2 Å². The van der Waals surface area contributed by atoms with Crippen LogP contribution in [0.1, 0.15) is 36.7 Å². The average Bonchev–Trinajstić information content (AvgIpc) is 2.75. The molecule has 0 atom stereocenters. The molecule has 0 amide bonds. The molecule has 0 N–H and O–H groups in total. The van der Waals surface area contributed by atoms with Crippen LogP contribution < -0.4 is 0 Å². The van der Waals surface area contributed by atoms with Gasteiger partial charge in [-0.1, -0.05) is 13.8 Å². The lowest BCUT2D eigenvalue weighted by Crippen LogP contribution is -2.50. The molecule has 0 spiro atoms. The quantitative estimate of drug-likeness (QED) is 0.827. The van der Waals surface area contributed by atoms with Gasteiger partial charge < -0.3 is 4.74 Å². The zero-order valence-corrected chi connectivity index (χ0v) is 11.7. The summed E-state index contributed by atoms with van der Waals surface area (Å²) in [5.41, 5.74) is 0.0536. The summed E-state index contributed by atoms with van der Waals surface area (Å²) in [7, 11) is 0. The third-order valence-corrected chi connectivity index (χ3v) is 4.37. The third-order valence-electron chi connectivity index (χ3n) is 3.54. The summed E-state index contributed by atoms with van der Waals surface area (Å²) in [5.74, 6) is 0. The van der Waals surface area contributed by atoms with Gasteiger partial charge in [0, 0.05) is 13.1 Å². The molecule has 96 valence electrons. The van der Waals surface area contributed by atoms with E-state index in [4.69, 9.17) is 4.74 Å². The van der Waals surface area contributed by atoms with Crippen molar-refractivity contribution in [2.24, 2.45) is 0 Å². The first-order valence-corrected chi connectivity index (χ1v) is 7.14. The highest BCUT2D eigenvalue weighted by molar-refractivity contribution is 7.11. The minimum absolute atomic E-state index is 0.0536. The Morgan fingerprint density at radius 1 is 1.35 bits per heavy atom. The second-order valence-electron chi connectivity index (χ2n) is 4.66. The van der Waals surface area contributed by atoms with Gasteiger partial charge in [-0.15, -0.1) is 21.5 Å². The number of morpholine rings is 1. The largest absolute Gasteiger partial charge is 0.372 e. The van der Waals surface area contributed by atoms with E-state index in [2.05, 4.69) is 28.9 Å². The molecule has 1 saturated heterocycles. The van der Waals surface area contributed by atoms with Crippen LogP contribution in [-0.2, 0) is 11.3 Å². The van der Waals surface area contributed by atoms with Crippen molar-refractivity contribution in [3.8, 4) is 0 Å². The van der Waals surface area contributed by atoms with Crippen LogP contribution in [0.15, 0.2) is 0 Å². The predicted octanol–water partition coefficient (Wildman–Crippen LogP) is 2.24. The summed E-state index contributed by atoms with van der Waals surface area (Å²) in [6.07, 6.45) is 2.16. The van der Waals surface area contributed by atoms with Gasteiger partial charge >= 0.3 is 0 Å². The maximum atomic E-state index is 5.96. The minimum Gasteiger partial charge on any atom is -0.372 e. The Morgan fingerprint density at radius 3 is 2.71 bits per heavy atom. The molecule has 2 rings (SSSR count). The number of rotatable bonds is 4. The molecule has 17 heavy (non-hydrogen) atoms. The normalized spacial score (nSPS) is 20.6. The Balaban J connectivity index is 1.98. The SMILES string of the molecule is CCC1(CC)CN(Cc2nnc(C)s2)CCO1. The number of hydrogen-bond donors (Lipinski definition) is 0. The van der Waals surface area contributed by atoms with Gasteiger partial charge in [0.05, 0.1) is 18.8 Å². The number of ether oxygens (including phenoxy) is 1. The van der Waals surface area contributed by atoms with Crippen molar-refractivity contribution < 1.29 is 4.74 Å². The van der Waals surface area contributed by atoms with Gasteiger partial charge in [0.1, 0.15) is 10.0 Å². The molecule has 5 heteroatoms. The van der Waals surface area contributed by atoms with E-state index in [-0.39, 0.29) is 5.60 Å². The van der Waals surface area contributed by atoms with E-state index in [1.165, 1.54) is 0 Å². The summed E-state index contributed by atoms with van der Waals surface area (Å²) in [6, 6.07) is 0. The third kappa shape index (κ3) is 3.03. The summed E-state index contributed by atoms with van der Waals surface area (Å²) in [4.78, 5) is 2.44. The van der Waals surface area contributed by atoms with E-state index >= 15 is 0 Å². The van der Waals surface area contributed by atoms with Crippen molar-refractivity contribution in [1.29, 1.82) is 0 Å². The second-order valence-corrected chi connectivity index (χ2v) is 5.93. The summed E-state index contributed by atoms with van der Waals surface area (Å²) >= 11 is 1.69. The van der Waals surface area contributed by atoms with Gasteiger partial charge in [-0.2, -0.15) is 0 Å². The van der Waals surface area contributed by atoms with E-state index in [1.54, 1.807) is 11.3 Å². The lowest BCUT2D eigenvalue weighted by Gasteiger charge is -2.41. The highest BCUT2D eigenvalue weighted by Crippen LogP contribution is 2.26. The maximum Gasteiger partial charge on any atom is 0.131 e. The summed E-state index contributed by atoms with van der Waals surface area (Å²) in [6.45, 7) is 10.2. The number of aryl methyl sites for hydroxylation is 1. The van der Waals surface area contributed by atoms with Crippen LogP contribution in [0.4, 0.5) is 0 Å². The smallest absolute Gasteiger partial charge is 0.131 e. The van der Waals surface area contributed by atoms with Gasteiger partial charge in [0.25, 0.3) is 0 Å². The zero-order chi connectivity index (χ0) is 12.3. The number of aromatic nitrogens is 2. The van der Waals surface area contributed by atoms with Gasteiger partial charge in [-0.25, -0.2) is 0 Å². The fourth-order valence-electron chi connectivity index (χ4n) is 2.33. The first-order chi connectivity index (χ1) is 8.17. The predicted molar refractivity (Wildman–Crippen MR) is 69.2 cm³/mol. The highest BCUT2D eigenvalue weighted by Gasteiger charge is 2.33. The Bertz CT molecular complexity index is 362. The lowest BCUT2D eigenvalue weighted by atomic mass is 9.95. The molecular weight excluding hydrogens is 234 g/mol. The van der Waals surface area contributed by atoms with Crippen molar-refractivity contribution in [3.63, 3.8) is 0 Å². The molecule has 1 aliphatic heterocycles. The molecule has 2 heterocycles. The Kier molecular flexibility index (Phi) is 4.12.